The van der Waals surface area contributed by atoms with Crippen molar-refractivity contribution < 1.29 is 4.74 Å². The van der Waals surface area contributed by atoms with Crippen LogP contribution in [0.25, 0.3) is 11.0 Å². The molecule has 3 aromatic rings. The average Bonchev–Trinajstić information content (AvgIpc) is 3.24. The zero-order chi connectivity index (χ0) is 20.0. The van der Waals surface area contributed by atoms with E-state index in [1.54, 1.807) is 0 Å². The summed E-state index contributed by atoms with van der Waals surface area (Å²) >= 11 is 0. The Kier molecular flexibility index (Phi) is 4.38. The van der Waals surface area contributed by atoms with Gasteiger partial charge in [-0.1, -0.05) is 0 Å². The minimum atomic E-state index is -0.136. The van der Waals surface area contributed by atoms with Gasteiger partial charge in [0.25, 0.3) is 0 Å². The van der Waals surface area contributed by atoms with Gasteiger partial charge in [0.15, 0.2) is 5.52 Å². The van der Waals surface area contributed by atoms with Crippen molar-refractivity contribution in [2.45, 2.75) is 51.2 Å². The summed E-state index contributed by atoms with van der Waals surface area (Å²) in [6.45, 7) is 6.28. The number of fused-ring (bicyclic) bond motifs is 1. The lowest BCUT2D eigenvalue weighted by Gasteiger charge is -2.28. The number of hydrogen-bond donors (Lipinski definition) is 1. The van der Waals surface area contributed by atoms with Gasteiger partial charge in [-0.2, -0.15) is 10.1 Å². The Morgan fingerprint density at radius 1 is 1.14 bits per heavy atom. The molecule has 8 nitrogen and oxygen atoms in total. The van der Waals surface area contributed by atoms with Crippen LogP contribution in [0.4, 0.5) is 11.6 Å². The summed E-state index contributed by atoms with van der Waals surface area (Å²) in [4.78, 5) is 16.3. The van der Waals surface area contributed by atoms with E-state index in [0.29, 0.717) is 23.4 Å². The molecule has 1 N–H and O–H groups in total. The third-order valence-corrected chi connectivity index (χ3v) is 5.87. The van der Waals surface area contributed by atoms with Gasteiger partial charge in [0.1, 0.15) is 5.60 Å². The molecule has 29 heavy (non-hydrogen) atoms. The first-order chi connectivity index (χ1) is 14.0. The minimum Gasteiger partial charge on any atom is -0.470 e. The Morgan fingerprint density at radius 3 is 2.69 bits per heavy atom. The monoisotopic (exact) mass is 393 g/mol. The Labute approximate surface area is 170 Å². The molecule has 0 atom stereocenters. The SMILES string of the molecule is Cc1ccc2nc(Nc3cnn(C4CCN(C)CC4)c3)nc(OC3(C)CC3)c2n1. The van der Waals surface area contributed by atoms with Crippen molar-refractivity contribution in [3.63, 3.8) is 0 Å². The first-order valence-electron chi connectivity index (χ1n) is 10.3. The van der Waals surface area contributed by atoms with Crippen molar-refractivity contribution in [3.8, 4) is 5.88 Å². The van der Waals surface area contributed by atoms with Crippen molar-refractivity contribution in [3.05, 3.63) is 30.2 Å². The molecule has 0 aromatic carbocycles. The maximum atomic E-state index is 6.19. The lowest BCUT2D eigenvalue weighted by atomic mass is 10.1. The number of pyridine rings is 1. The smallest absolute Gasteiger partial charge is 0.246 e. The normalized spacial score (nSPS) is 19.4. The first-order valence-corrected chi connectivity index (χ1v) is 10.3. The maximum absolute atomic E-state index is 6.19. The van der Waals surface area contributed by atoms with E-state index in [4.69, 9.17) is 4.74 Å². The molecule has 2 aliphatic rings. The topological polar surface area (TPSA) is 81.0 Å². The molecule has 1 aliphatic carbocycles. The van der Waals surface area contributed by atoms with Gasteiger partial charge in [-0.05, 0) is 71.8 Å². The second-order valence-corrected chi connectivity index (χ2v) is 8.59. The molecule has 4 heterocycles. The number of rotatable bonds is 5. The highest BCUT2D eigenvalue weighted by atomic mass is 16.5. The number of nitrogens with zero attached hydrogens (tertiary/aromatic N) is 6. The molecule has 1 saturated carbocycles. The van der Waals surface area contributed by atoms with Crippen molar-refractivity contribution >= 4 is 22.7 Å². The molecule has 5 rings (SSSR count). The van der Waals surface area contributed by atoms with Crippen LogP contribution in [0.5, 0.6) is 5.88 Å². The third-order valence-electron chi connectivity index (χ3n) is 5.87. The van der Waals surface area contributed by atoms with Gasteiger partial charge in [-0.3, -0.25) is 4.68 Å². The molecule has 0 unspecified atom stereocenters. The Hall–Kier alpha value is -2.74. The number of aryl methyl sites for hydroxylation is 1. The molecule has 0 amide bonds. The van der Waals surface area contributed by atoms with Crippen LogP contribution in [0.15, 0.2) is 24.5 Å². The minimum absolute atomic E-state index is 0.136. The van der Waals surface area contributed by atoms with Crippen LogP contribution in [0.2, 0.25) is 0 Å². The van der Waals surface area contributed by atoms with Crippen molar-refractivity contribution in [1.29, 1.82) is 0 Å². The summed E-state index contributed by atoms with van der Waals surface area (Å²) in [5.41, 5.74) is 3.16. The summed E-state index contributed by atoms with van der Waals surface area (Å²) in [6.07, 6.45) is 8.19. The Balaban J connectivity index is 1.41. The molecule has 152 valence electrons. The highest BCUT2D eigenvalue weighted by Gasteiger charge is 2.41. The molecule has 0 bridgehead atoms. The summed E-state index contributed by atoms with van der Waals surface area (Å²) in [5, 5.41) is 7.87. The Morgan fingerprint density at radius 2 is 1.93 bits per heavy atom. The zero-order valence-corrected chi connectivity index (χ0v) is 17.2. The molecule has 2 fully saturated rings. The fraction of sp³-hybridized carbons (Fsp3) is 0.524. The van der Waals surface area contributed by atoms with Gasteiger partial charge in [0.2, 0.25) is 11.8 Å². The van der Waals surface area contributed by atoms with E-state index in [9.17, 15) is 0 Å². The van der Waals surface area contributed by atoms with Crippen LogP contribution in [-0.2, 0) is 0 Å². The largest absolute Gasteiger partial charge is 0.470 e. The van der Waals surface area contributed by atoms with E-state index in [2.05, 4.69) is 48.9 Å². The summed E-state index contributed by atoms with van der Waals surface area (Å²) in [6, 6.07) is 4.37. The van der Waals surface area contributed by atoms with Crippen LogP contribution in [0.3, 0.4) is 0 Å². The van der Waals surface area contributed by atoms with Gasteiger partial charge < -0.3 is 15.0 Å². The van der Waals surface area contributed by atoms with E-state index in [1.807, 2.05) is 31.5 Å². The second-order valence-electron chi connectivity index (χ2n) is 8.59. The molecular formula is C21H27N7O. The summed E-state index contributed by atoms with van der Waals surface area (Å²) in [5.74, 6) is 1.05. The first kappa shape index (κ1) is 18.3. The van der Waals surface area contributed by atoms with E-state index in [0.717, 1.165) is 55.7 Å². The number of piperidine rings is 1. The molecule has 1 saturated heterocycles. The van der Waals surface area contributed by atoms with Crippen LogP contribution in [0, 0.1) is 6.92 Å². The molecule has 0 radical (unpaired) electrons. The highest BCUT2D eigenvalue weighted by Crippen LogP contribution is 2.40. The predicted octanol–water partition coefficient (Wildman–Crippen LogP) is 3.47. The van der Waals surface area contributed by atoms with Crippen LogP contribution in [0.1, 0.15) is 44.3 Å². The average molecular weight is 393 g/mol. The molecule has 8 heteroatoms. The van der Waals surface area contributed by atoms with Crippen LogP contribution >= 0.6 is 0 Å². The summed E-state index contributed by atoms with van der Waals surface area (Å²) < 4.78 is 8.25. The Bertz CT molecular complexity index is 1030. The van der Waals surface area contributed by atoms with Crippen LogP contribution < -0.4 is 10.1 Å². The van der Waals surface area contributed by atoms with E-state index in [-0.39, 0.29) is 5.60 Å². The predicted molar refractivity (Wildman–Crippen MR) is 112 cm³/mol. The number of aromatic nitrogens is 5. The number of hydrogen-bond acceptors (Lipinski definition) is 7. The quantitative estimate of drug-likeness (QED) is 0.711. The molecule has 1 aliphatic heterocycles. The number of nitrogens with one attached hydrogen (secondary N) is 1. The van der Waals surface area contributed by atoms with Crippen molar-refractivity contribution in [2.75, 3.05) is 25.5 Å². The molecule has 0 spiro atoms. The zero-order valence-electron chi connectivity index (χ0n) is 17.2. The third kappa shape index (κ3) is 3.89. The number of likely N-dealkylation sites (tertiary alicyclic amines) is 1. The lowest BCUT2D eigenvalue weighted by molar-refractivity contribution is 0.194. The molecule has 3 aromatic heterocycles. The number of anilines is 2. The van der Waals surface area contributed by atoms with E-state index in [1.165, 1.54) is 0 Å². The second kappa shape index (κ2) is 6.95. The van der Waals surface area contributed by atoms with Crippen molar-refractivity contribution in [2.24, 2.45) is 0 Å². The van der Waals surface area contributed by atoms with Crippen LogP contribution in [-0.4, -0.2) is 55.4 Å². The standard InChI is InChI=1S/C21H27N7O/c1-14-4-5-17-18(23-14)19(29-21(2)8-9-21)26-20(25-17)24-15-12-22-28(13-15)16-6-10-27(3)11-7-16/h4-5,12-13,16H,6-11H2,1-3H3,(H,24,25,26). The number of ether oxygens (including phenoxy) is 1. The van der Waals surface area contributed by atoms with E-state index >= 15 is 0 Å². The van der Waals surface area contributed by atoms with E-state index < -0.39 is 0 Å². The summed E-state index contributed by atoms with van der Waals surface area (Å²) in [7, 11) is 2.17. The van der Waals surface area contributed by atoms with Gasteiger partial charge in [-0.15, -0.1) is 0 Å². The fourth-order valence-electron chi connectivity index (χ4n) is 3.71. The van der Waals surface area contributed by atoms with Gasteiger partial charge in [-0.25, -0.2) is 9.97 Å². The van der Waals surface area contributed by atoms with Gasteiger partial charge in [0, 0.05) is 11.9 Å². The fourth-order valence-corrected chi connectivity index (χ4v) is 3.71. The van der Waals surface area contributed by atoms with Gasteiger partial charge >= 0.3 is 0 Å². The van der Waals surface area contributed by atoms with Gasteiger partial charge in [0.05, 0.1) is 23.4 Å². The lowest BCUT2D eigenvalue weighted by Crippen LogP contribution is -2.31. The van der Waals surface area contributed by atoms with Crippen molar-refractivity contribution in [1.82, 2.24) is 29.6 Å². The highest BCUT2D eigenvalue weighted by molar-refractivity contribution is 5.81. The molecular weight excluding hydrogens is 366 g/mol. The maximum Gasteiger partial charge on any atom is 0.246 e.